The highest BCUT2D eigenvalue weighted by molar-refractivity contribution is 5.62. The van der Waals surface area contributed by atoms with Crippen molar-refractivity contribution < 1.29 is 20.4 Å². The van der Waals surface area contributed by atoms with Gasteiger partial charge < -0.3 is 20.4 Å². The highest BCUT2D eigenvalue weighted by Crippen LogP contribution is 2.45. The number of hydrogen-bond acceptors (Lipinski definition) is 4. The fraction of sp³-hybridized carbons (Fsp3) is 0.347. The van der Waals surface area contributed by atoms with Gasteiger partial charge in [0.2, 0.25) is 0 Å². The summed E-state index contributed by atoms with van der Waals surface area (Å²) in [6.45, 7) is 0.750. The normalized spacial score (nSPS) is 10.5. The maximum atomic E-state index is 9.13. The molecule has 0 aliphatic heterocycles. The Hall–Kier alpha value is -5.04. The summed E-state index contributed by atoms with van der Waals surface area (Å²) in [6, 6.07) is 34.1. The summed E-state index contributed by atoms with van der Waals surface area (Å²) in [4.78, 5) is 0. The number of benzene rings is 4. The molecule has 0 amide bonds. The Morgan fingerprint density at radius 3 is 0.698 bits per heavy atom. The average molecular weight is 705 g/mol. The quantitative estimate of drug-likeness (QED) is 0.0540. The van der Waals surface area contributed by atoms with Gasteiger partial charge in [-0.25, -0.2) is 0 Å². The van der Waals surface area contributed by atoms with Gasteiger partial charge in [-0.2, -0.15) is 0 Å². The minimum absolute atomic E-state index is 0.188. The van der Waals surface area contributed by atoms with Crippen LogP contribution in [0, 0.1) is 47.4 Å². The van der Waals surface area contributed by atoms with E-state index in [1.165, 1.54) is 0 Å². The zero-order chi connectivity index (χ0) is 37.4. The zero-order valence-electron chi connectivity index (χ0n) is 30.8. The van der Waals surface area contributed by atoms with E-state index in [0.29, 0.717) is 0 Å². The van der Waals surface area contributed by atoms with Gasteiger partial charge in [0, 0.05) is 74.4 Å². The average Bonchev–Trinajstić information content (AvgIpc) is 3.20. The van der Waals surface area contributed by atoms with E-state index in [2.05, 4.69) is 144 Å². The third-order valence-corrected chi connectivity index (χ3v) is 9.04. The van der Waals surface area contributed by atoms with Crippen molar-refractivity contribution in [2.24, 2.45) is 0 Å². The van der Waals surface area contributed by atoms with Crippen LogP contribution in [0.2, 0.25) is 0 Å². The lowest BCUT2D eigenvalue weighted by Crippen LogP contribution is -2.31. The number of hydrogen-bond donors (Lipinski definition) is 4. The molecule has 0 saturated heterocycles. The summed E-state index contributed by atoms with van der Waals surface area (Å²) in [5.41, 5.74) is 7.45. The summed E-state index contributed by atoms with van der Waals surface area (Å²) in [5.74, 6) is 26.2. The molecule has 0 aliphatic rings. The van der Waals surface area contributed by atoms with Crippen molar-refractivity contribution in [3.8, 4) is 47.4 Å². The molecule has 4 heteroatoms. The Morgan fingerprint density at radius 1 is 0.302 bits per heavy atom. The van der Waals surface area contributed by atoms with E-state index in [4.69, 9.17) is 20.4 Å². The van der Waals surface area contributed by atoms with Crippen LogP contribution in [0.25, 0.3) is 0 Å². The van der Waals surface area contributed by atoms with E-state index in [1.807, 2.05) is 0 Å². The smallest absolute Gasteiger partial charge is 0.0701 e. The molecule has 4 N–H and O–H groups in total. The van der Waals surface area contributed by atoms with Crippen LogP contribution in [0.15, 0.2) is 97.1 Å². The predicted molar refractivity (Wildman–Crippen MR) is 216 cm³/mol. The second-order valence-electron chi connectivity index (χ2n) is 13.0. The van der Waals surface area contributed by atoms with Gasteiger partial charge in [-0.15, -0.1) is 0 Å². The summed E-state index contributed by atoms with van der Waals surface area (Å²) in [7, 11) is 0. The predicted octanol–water partition coefficient (Wildman–Crippen LogP) is 8.13. The van der Waals surface area contributed by atoms with Crippen LogP contribution in [0.3, 0.4) is 0 Å². The van der Waals surface area contributed by atoms with Gasteiger partial charge in [-0.1, -0.05) is 95.9 Å². The van der Waals surface area contributed by atoms with E-state index < -0.39 is 5.41 Å². The SMILES string of the molecule is OCCCCC#Cc1ccc(C(c2ccc(C#CCCCCO)cc2)(c2ccc(C#CCCCCO)cc2)c2ccc(C#CCCCCO)cc2)cc1. The van der Waals surface area contributed by atoms with E-state index in [-0.39, 0.29) is 26.4 Å². The number of rotatable bonds is 16. The first-order chi connectivity index (χ1) is 26.1. The Labute approximate surface area is 317 Å². The third kappa shape index (κ3) is 12.6. The van der Waals surface area contributed by atoms with E-state index in [0.717, 1.165) is 122 Å². The molecule has 4 rings (SSSR count). The first-order valence-electron chi connectivity index (χ1n) is 19.0. The van der Waals surface area contributed by atoms with Crippen molar-refractivity contribution in [3.05, 3.63) is 142 Å². The molecule has 0 radical (unpaired) electrons. The summed E-state index contributed by atoms with van der Waals surface area (Å²) in [5, 5.41) is 36.5. The Morgan fingerprint density at radius 2 is 0.509 bits per heavy atom. The van der Waals surface area contributed by atoms with Gasteiger partial charge in [0.05, 0.1) is 5.41 Å². The Bertz CT molecular complexity index is 1620. The Kier molecular flexibility index (Phi) is 18.1. The fourth-order valence-electron chi connectivity index (χ4n) is 6.17. The van der Waals surface area contributed by atoms with Crippen LogP contribution in [0.1, 0.15) is 122 Å². The molecule has 0 unspecified atom stereocenters. The molecule has 4 aromatic carbocycles. The standard InChI is InChI=1S/C49H52O4/c50-37-13-5-1-9-17-41-21-29-45(30-22-41)49(46-31-23-42(24-32-46)18-10-2-6-14-38-51,47-33-25-43(26-34-47)19-11-3-7-15-39-52)48-35-27-44(28-36-48)20-12-4-8-16-40-53/h21-36,50-53H,1-8,13-16,37-40H2. The third-order valence-electron chi connectivity index (χ3n) is 9.04. The highest BCUT2D eigenvalue weighted by atomic mass is 16.3. The topological polar surface area (TPSA) is 80.9 Å². The van der Waals surface area contributed by atoms with E-state index in [9.17, 15) is 0 Å². The second-order valence-corrected chi connectivity index (χ2v) is 13.0. The van der Waals surface area contributed by atoms with Crippen LogP contribution in [0.4, 0.5) is 0 Å². The summed E-state index contributed by atoms with van der Waals surface area (Å²) < 4.78 is 0. The molecular formula is C49H52O4. The van der Waals surface area contributed by atoms with Crippen molar-refractivity contribution in [3.63, 3.8) is 0 Å². The van der Waals surface area contributed by atoms with Gasteiger partial charge in [0.25, 0.3) is 0 Å². The van der Waals surface area contributed by atoms with Crippen molar-refractivity contribution in [1.82, 2.24) is 0 Å². The van der Waals surface area contributed by atoms with Crippen LogP contribution in [-0.2, 0) is 5.41 Å². The molecule has 0 saturated carbocycles. The minimum Gasteiger partial charge on any atom is -0.396 e. The van der Waals surface area contributed by atoms with Gasteiger partial charge in [0.15, 0.2) is 0 Å². The number of aliphatic hydroxyl groups is 4. The van der Waals surface area contributed by atoms with Crippen molar-refractivity contribution >= 4 is 0 Å². The van der Waals surface area contributed by atoms with Crippen LogP contribution >= 0.6 is 0 Å². The molecule has 0 fully saturated rings. The van der Waals surface area contributed by atoms with Crippen molar-refractivity contribution in [2.75, 3.05) is 26.4 Å². The lowest BCUT2D eigenvalue weighted by Gasteiger charge is -2.37. The van der Waals surface area contributed by atoms with Crippen molar-refractivity contribution in [1.29, 1.82) is 0 Å². The highest BCUT2D eigenvalue weighted by Gasteiger charge is 2.38. The second kappa shape index (κ2) is 23.5. The van der Waals surface area contributed by atoms with Gasteiger partial charge >= 0.3 is 0 Å². The molecule has 53 heavy (non-hydrogen) atoms. The molecule has 0 heterocycles. The molecule has 4 aromatic rings. The molecular weight excluding hydrogens is 653 g/mol. The molecule has 0 aromatic heterocycles. The molecule has 0 spiro atoms. The zero-order valence-corrected chi connectivity index (χ0v) is 30.8. The lowest BCUT2D eigenvalue weighted by atomic mass is 9.65. The van der Waals surface area contributed by atoms with Gasteiger partial charge in [-0.05, 0) is 122 Å². The molecule has 272 valence electrons. The fourth-order valence-corrected chi connectivity index (χ4v) is 6.17. The lowest BCUT2D eigenvalue weighted by molar-refractivity contribution is 0.285. The molecule has 0 aliphatic carbocycles. The maximum Gasteiger partial charge on any atom is 0.0701 e. The largest absolute Gasteiger partial charge is 0.396 e. The molecule has 0 atom stereocenters. The first kappa shape index (κ1) is 40.7. The minimum atomic E-state index is -0.694. The van der Waals surface area contributed by atoms with Gasteiger partial charge in [-0.3, -0.25) is 0 Å². The molecule has 0 bridgehead atoms. The monoisotopic (exact) mass is 704 g/mol. The van der Waals surface area contributed by atoms with Crippen LogP contribution < -0.4 is 0 Å². The van der Waals surface area contributed by atoms with E-state index >= 15 is 0 Å². The Balaban J connectivity index is 1.85. The van der Waals surface area contributed by atoms with Gasteiger partial charge in [0.1, 0.15) is 0 Å². The number of unbranched alkanes of at least 4 members (excludes halogenated alkanes) is 8. The number of aliphatic hydroxyl groups excluding tert-OH is 4. The maximum absolute atomic E-state index is 9.13. The van der Waals surface area contributed by atoms with Crippen molar-refractivity contribution in [2.45, 2.75) is 82.5 Å². The summed E-state index contributed by atoms with van der Waals surface area (Å²) >= 11 is 0. The first-order valence-corrected chi connectivity index (χ1v) is 19.0. The summed E-state index contributed by atoms with van der Waals surface area (Å²) in [6.07, 6.45) is 9.51. The van der Waals surface area contributed by atoms with Crippen LogP contribution in [0.5, 0.6) is 0 Å². The molecule has 4 nitrogen and oxygen atoms in total. The van der Waals surface area contributed by atoms with E-state index in [1.54, 1.807) is 0 Å². The van der Waals surface area contributed by atoms with Crippen LogP contribution in [-0.4, -0.2) is 46.9 Å².